The van der Waals surface area contributed by atoms with Crippen LogP contribution >= 0.6 is 0 Å². The molecule has 1 aliphatic rings. The summed E-state index contributed by atoms with van der Waals surface area (Å²) >= 11 is 0. The van der Waals surface area contributed by atoms with Gasteiger partial charge in [0.2, 0.25) is 0 Å². The van der Waals surface area contributed by atoms with Crippen molar-refractivity contribution in [1.29, 1.82) is 0 Å². The second kappa shape index (κ2) is 12.1. The van der Waals surface area contributed by atoms with Gasteiger partial charge in [0.15, 0.2) is 0 Å². The van der Waals surface area contributed by atoms with Crippen molar-refractivity contribution < 1.29 is 0 Å². The predicted octanol–water partition coefficient (Wildman–Crippen LogP) is 13.6. The summed E-state index contributed by atoms with van der Waals surface area (Å²) in [5.74, 6) is 0. The number of benzene rings is 8. The quantitative estimate of drug-likeness (QED) is 0.175. The topological polar surface area (TPSA) is 3.24 Å². The molecule has 0 bridgehead atoms. The number of nitrogens with zero attached hydrogens (tertiary/aromatic N) is 1. The minimum atomic E-state index is -0.0848. The van der Waals surface area contributed by atoms with Crippen LogP contribution in [0, 0.1) is 0 Å². The third kappa shape index (κ3) is 5.11. The second-order valence-electron chi connectivity index (χ2n) is 13.8. The van der Waals surface area contributed by atoms with Gasteiger partial charge < -0.3 is 4.90 Å². The molecule has 0 radical (unpaired) electrons. The Bertz CT molecular complexity index is 2470. The smallest absolute Gasteiger partial charge is 0.0465 e. The van der Waals surface area contributed by atoms with Gasteiger partial charge in [0.25, 0.3) is 0 Å². The van der Waals surface area contributed by atoms with Crippen LogP contribution in [-0.4, -0.2) is 0 Å². The van der Waals surface area contributed by atoms with E-state index in [1.54, 1.807) is 0 Å². The highest BCUT2D eigenvalue weighted by Crippen LogP contribution is 2.50. The van der Waals surface area contributed by atoms with E-state index in [1.807, 2.05) is 0 Å². The first-order chi connectivity index (χ1) is 24.5. The average Bonchev–Trinajstić information content (AvgIpc) is 3.41. The number of hydrogen-bond acceptors (Lipinski definition) is 1. The van der Waals surface area contributed by atoms with Crippen LogP contribution in [0.3, 0.4) is 0 Å². The zero-order valence-electron chi connectivity index (χ0n) is 28.3. The number of fused-ring (bicyclic) bond motifs is 4. The van der Waals surface area contributed by atoms with E-state index in [0.29, 0.717) is 0 Å². The molecule has 1 heteroatoms. The molecule has 1 aliphatic carbocycles. The summed E-state index contributed by atoms with van der Waals surface area (Å²) in [4.78, 5) is 2.40. The highest BCUT2D eigenvalue weighted by molar-refractivity contribution is 5.97. The Balaban J connectivity index is 1.17. The maximum atomic E-state index is 2.41. The van der Waals surface area contributed by atoms with E-state index in [2.05, 4.69) is 207 Å². The zero-order valence-corrected chi connectivity index (χ0v) is 28.3. The number of anilines is 3. The van der Waals surface area contributed by atoms with Crippen LogP contribution in [0.25, 0.3) is 55.3 Å². The summed E-state index contributed by atoms with van der Waals surface area (Å²) in [7, 11) is 0. The lowest BCUT2D eigenvalue weighted by Gasteiger charge is -2.28. The molecule has 0 amide bonds. The summed E-state index contributed by atoms with van der Waals surface area (Å²) in [5.41, 5.74) is 16.1. The molecule has 238 valence electrons. The van der Waals surface area contributed by atoms with Crippen LogP contribution in [0.15, 0.2) is 188 Å². The van der Waals surface area contributed by atoms with Gasteiger partial charge in [0.05, 0.1) is 0 Å². The fourth-order valence-corrected chi connectivity index (χ4v) is 7.84. The SMILES string of the molecule is CC1(C)c2ccccc2-c2ccc(N(c3ccc(-c4ccccc4)cc3)c3ccc(-c4cc5ccccc5cc4-c4ccccc4)cc3)cc21. The molecule has 0 heterocycles. The standard InChI is InChI=1S/C49H37N/c1-49(2)47-20-12-11-19-43(47)44-30-29-42(33-48(44)49)50(40-25-21-35(22-26-40)34-13-5-3-6-14-34)41-27-23-37(24-28-41)46-32-39-18-10-9-17-38(39)31-45(46)36-15-7-4-8-16-36/h3-33H,1-2H3. The summed E-state index contributed by atoms with van der Waals surface area (Å²) in [6, 6.07) is 68.6. The number of hydrogen-bond donors (Lipinski definition) is 0. The highest BCUT2D eigenvalue weighted by Gasteiger charge is 2.35. The third-order valence-electron chi connectivity index (χ3n) is 10.5. The second-order valence-corrected chi connectivity index (χ2v) is 13.8. The molecule has 0 fully saturated rings. The van der Waals surface area contributed by atoms with E-state index in [1.165, 1.54) is 66.4 Å². The van der Waals surface area contributed by atoms with Crippen molar-refractivity contribution in [2.75, 3.05) is 4.90 Å². The average molecular weight is 640 g/mol. The van der Waals surface area contributed by atoms with Gasteiger partial charge in [-0.15, -0.1) is 0 Å². The van der Waals surface area contributed by atoms with E-state index in [-0.39, 0.29) is 5.41 Å². The summed E-state index contributed by atoms with van der Waals surface area (Å²) < 4.78 is 0. The molecule has 9 rings (SSSR count). The Labute approximate surface area is 294 Å². The first-order valence-corrected chi connectivity index (χ1v) is 17.4. The van der Waals surface area contributed by atoms with Crippen molar-refractivity contribution in [2.24, 2.45) is 0 Å². The van der Waals surface area contributed by atoms with E-state index < -0.39 is 0 Å². The fraction of sp³-hybridized carbons (Fsp3) is 0.0612. The molecule has 0 saturated carbocycles. The molecule has 0 saturated heterocycles. The highest BCUT2D eigenvalue weighted by atomic mass is 15.1. The van der Waals surface area contributed by atoms with Crippen LogP contribution in [-0.2, 0) is 5.41 Å². The zero-order chi connectivity index (χ0) is 33.7. The van der Waals surface area contributed by atoms with E-state index in [9.17, 15) is 0 Å². The molecule has 0 unspecified atom stereocenters. The normalized spacial score (nSPS) is 12.8. The molecule has 8 aromatic rings. The van der Waals surface area contributed by atoms with Crippen molar-refractivity contribution >= 4 is 27.8 Å². The van der Waals surface area contributed by atoms with Crippen molar-refractivity contribution in [3.05, 3.63) is 199 Å². The molecule has 0 aromatic heterocycles. The summed E-state index contributed by atoms with van der Waals surface area (Å²) in [6.07, 6.45) is 0. The Morgan fingerprint density at radius 3 is 1.38 bits per heavy atom. The summed E-state index contributed by atoms with van der Waals surface area (Å²) in [6.45, 7) is 4.70. The minimum Gasteiger partial charge on any atom is -0.310 e. The maximum absolute atomic E-state index is 2.41. The van der Waals surface area contributed by atoms with Gasteiger partial charge in [-0.1, -0.05) is 153 Å². The van der Waals surface area contributed by atoms with E-state index in [4.69, 9.17) is 0 Å². The van der Waals surface area contributed by atoms with Gasteiger partial charge in [-0.2, -0.15) is 0 Å². The van der Waals surface area contributed by atoms with E-state index >= 15 is 0 Å². The predicted molar refractivity (Wildman–Crippen MR) is 213 cm³/mol. The van der Waals surface area contributed by atoms with Gasteiger partial charge in [0.1, 0.15) is 0 Å². The Kier molecular flexibility index (Phi) is 7.21. The van der Waals surface area contributed by atoms with Crippen LogP contribution < -0.4 is 4.90 Å². The first-order valence-electron chi connectivity index (χ1n) is 17.4. The van der Waals surface area contributed by atoms with Crippen molar-refractivity contribution in [1.82, 2.24) is 0 Å². The monoisotopic (exact) mass is 639 g/mol. The van der Waals surface area contributed by atoms with Crippen molar-refractivity contribution in [3.8, 4) is 44.5 Å². The lowest BCUT2D eigenvalue weighted by molar-refractivity contribution is 0.660. The molecule has 0 N–H and O–H groups in total. The van der Waals surface area contributed by atoms with Gasteiger partial charge >= 0.3 is 0 Å². The van der Waals surface area contributed by atoms with Gasteiger partial charge in [0, 0.05) is 22.5 Å². The molecule has 8 aromatic carbocycles. The van der Waals surface area contributed by atoms with Crippen LogP contribution in [0.4, 0.5) is 17.1 Å². The molecular formula is C49H37N. The molecule has 50 heavy (non-hydrogen) atoms. The van der Waals surface area contributed by atoms with Crippen molar-refractivity contribution in [3.63, 3.8) is 0 Å². The molecular weight excluding hydrogens is 603 g/mol. The van der Waals surface area contributed by atoms with Gasteiger partial charge in [-0.3, -0.25) is 0 Å². The third-order valence-corrected chi connectivity index (χ3v) is 10.5. The van der Waals surface area contributed by atoms with Crippen molar-refractivity contribution in [2.45, 2.75) is 19.3 Å². The van der Waals surface area contributed by atoms with E-state index in [0.717, 1.165) is 17.1 Å². The molecule has 0 atom stereocenters. The lowest BCUT2D eigenvalue weighted by Crippen LogP contribution is -2.16. The summed E-state index contributed by atoms with van der Waals surface area (Å²) in [5, 5.41) is 2.49. The Hall–Kier alpha value is -6.18. The van der Waals surface area contributed by atoms with Gasteiger partial charge in [-0.05, 0) is 115 Å². The van der Waals surface area contributed by atoms with Crippen LogP contribution in [0.1, 0.15) is 25.0 Å². The van der Waals surface area contributed by atoms with Gasteiger partial charge in [-0.25, -0.2) is 0 Å². The largest absolute Gasteiger partial charge is 0.310 e. The Morgan fingerprint density at radius 2 is 0.760 bits per heavy atom. The van der Waals surface area contributed by atoms with Crippen LogP contribution in [0.5, 0.6) is 0 Å². The fourth-order valence-electron chi connectivity index (χ4n) is 7.84. The molecule has 0 aliphatic heterocycles. The molecule has 0 spiro atoms. The lowest BCUT2D eigenvalue weighted by atomic mass is 9.82. The number of rotatable bonds is 6. The maximum Gasteiger partial charge on any atom is 0.0465 e. The van der Waals surface area contributed by atoms with Crippen LogP contribution in [0.2, 0.25) is 0 Å². The minimum absolute atomic E-state index is 0.0848. The Morgan fingerprint density at radius 1 is 0.320 bits per heavy atom. The first kappa shape index (κ1) is 29.9. The molecule has 1 nitrogen and oxygen atoms in total.